The Kier molecular flexibility index (Phi) is 4.61. The molecule has 1 fully saturated rings. The molecule has 1 N–H and O–H groups in total. The van der Waals surface area contributed by atoms with Gasteiger partial charge in [0.25, 0.3) is 15.9 Å². The fourth-order valence-electron chi connectivity index (χ4n) is 3.47. The van der Waals surface area contributed by atoms with Crippen molar-refractivity contribution in [1.82, 2.24) is 0 Å². The fourth-order valence-corrected chi connectivity index (χ4v) is 4.52. The zero-order valence-electron chi connectivity index (χ0n) is 14.5. The first-order valence-corrected chi connectivity index (χ1v) is 10.3. The third-order valence-corrected chi connectivity index (χ3v) is 6.22. The van der Waals surface area contributed by atoms with Gasteiger partial charge in [-0.2, -0.15) is 0 Å². The monoisotopic (exact) mass is 390 g/mol. The molecule has 27 heavy (non-hydrogen) atoms. The Labute approximate surface area is 157 Å². The maximum absolute atomic E-state index is 13.0. The van der Waals surface area contributed by atoms with Crippen LogP contribution in [0, 0.1) is 5.82 Å². The normalized spacial score (nSPS) is 19.1. The number of sulfonamides is 1. The van der Waals surface area contributed by atoms with E-state index in [1.165, 1.54) is 12.1 Å². The molecule has 0 aromatic heterocycles. The molecular formula is C19H19FN2O4S. The molecule has 0 radical (unpaired) electrons. The van der Waals surface area contributed by atoms with Crippen molar-refractivity contribution < 1.29 is 22.3 Å². The van der Waals surface area contributed by atoms with Crippen LogP contribution in [-0.2, 0) is 26.0 Å². The van der Waals surface area contributed by atoms with Crippen LogP contribution in [0.1, 0.15) is 18.4 Å². The number of amides is 1. The number of nitrogens with one attached hydrogen (secondary N) is 1. The summed E-state index contributed by atoms with van der Waals surface area (Å²) in [5.41, 5.74) is 2.10. The van der Waals surface area contributed by atoms with Gasteiger partial charge in [0.1, 0.15) is 11.9 Å². The first-order valence-electron chi connectivity index (χ1n) is 8.78. The highest BCUT2D eigenvalue weighted by molar-refractivity contribution is 7.92. The maximum Gasteiger partial charge on any atom is 0.261 e. The van der Waals surface area contributed by atoms with Crippen LogP contribution in [0.25, 0.3) is 0 Å². The van der Waals surface area contributed by atoms with Crippen molar-refractivity contribution in [2.24, 2.45) is 0 Å². The van der Waals surface area contributed by atoms with Crippen LogP contribution in [0.2, 0.25) is 0 Å². The smallest absolute Gasteiger partial charge is 0.261 e. The number of ether oxygens (including phenoxy) is 1. The van der Waals surface area contributed by atoms with Gasteiger partial charge in [0.15, 0.2) is 0 Å². The van der Waals surface area contributed by atoms with Crippen molar-refractivity contribution >= 4 is 27.3 Å². The molecule has 1 amide bonds. The first-order chi connectivity index (χ1) is 12.9. The standard InChI is InChI=1S/C19H19FN2O4S/c20-14-3-6-16(7-4-14)27(24,25)21-15-5-8-17-13(12-15)9-10-22(17)19(23)18-2-1-11-26-18/h3-8,12,18,21H,1-2,9-11H2. The molecule has 6 nitrogen and oxygen atoms in total. The fraction of sp³-hybridized carbons (Fsp3) is 0.316. The van der Waals surface area contributed by atoms with Crippen LogP contribution in [-0.4, -0.2) is 33.6 Å². The number of hydrogen-bond donors (Lipinski definition) is 1. The third kappa shape index (κ3) is 3.54. The quantitative estimate of drug-likeness (QED) is 0.871. The summed E-state index contributed by atoms with van der Waals surface area (Å²) in [4.78, 5) is 14.3. The Morgan fingerprint density at radius 3 is 2.67 bits per heavy atom. The zero-order chi connectivity index (χ0) is 19.0. The van der Waals surface area contributed by atoms with Crippen molar-refractivity contribution in [3.63, 3.8) is 0 Å². The number of carbonyl (C=O) groups excluding carboxylic acids is 1. The Hall–Kier alpha value is -2.45. The molecule has 0 saturated carbocycles. The van der Waals surface area contributed by atoms with E-state index >= 15 is 0 Å². The number of fused-ring (bicyclic) bond motifs is 1. The van der Waals surface area contributed by atoms with E-state index in [1.54, 1.807) is 23.1 Å². The van der Waals surface area contributed by atoms with E-state index in [4.69, 9.17) is 4.74 Å². The molecule has 1 unspecified atom stereocenters. The predicted molar refractivity (Wildman–Crippen MR) is 98.7 cm³/mol. The second kappa shape index (κ2) is 6.94. The zero-order valence-corrected chi connectivity index (χ0v) is 15.3. The molecule has 1 atom stereocenters. The van der Waals surface area contributed by atoms with Crippen LogP contribution in [0.5, 0.6) is 0 Å². The van der Waals surface area contributed by atoms with E-state index in [0.29, 0.717) is 25.3 Å². The van der Waals surface area contributed by atoms with Crippen molar-refractivity contribution in [1.29, 1.82) is 0 Å². The number of hydrogen-bond acceptors (Lipinski definition) is 4. The molecule has 142 valence electrons. The van der Waals surface area contributed by atoms with E-state index in [9.17, 15) is 17.6 Å². The summed E-state index contributed by atoms with van der Waals surface area (Å²) in [6.07, 6.45) is 1.90. The molecule has 0 bridgehead atoms. The van der Waals surface area contributed by atoms with Gasteiger partial charge in [0.05, 0.1) is 4.90 Å². The van der Waals surface area contributed by atoms with E-state index in [-0.39, 0.29) is 16.9 Å². The van der Waals surface area contributed by atoms with E-state index in [1.807, 2.05) is 0 Å². The minimum Gasteiger partial charge on any atom is -0.368 e. The minimum atomic E-state index is -3.81. The summed E-state index contributed by atoms with van der Waals surface area (Å²) in [5.74, 6) is -0.534. The highest BCUT2D eigenvalue weighted by atomic mass is 32.2. The highest BCUT2D eigenvalue weighted by Crippen LogP contribution is 2.32. The summed E-state index contributed by atoms with van der Waals surface area (Å²) in [6.45, 7) is 1.17. The summed E-state index contributed by atoms with van der Waals surface area (Å²) in [7, 11) is -3.81. The molecule has 1 saturated heterocycles. The van der Waals surface area contributed by atoms with Gasteiger partial charge < -0.3 is 9.64 Å². The molecule has 2 aromatic carbocycles. The van der Waals surface area contributed by atoms with E-state index in [0.717, 1.165) is 36.2 Å². The average molecular weight is 390 g/mol. The lowest BCUT2D eigenvalue weighted by Crippen LogP contribution is -2.37. The number of benzene rings is 2. The van der Waals surface area contributed by atoms with Crippen molar-refractivity contribution in [2.75, 3.05) is 22.8 Å². The molecule has 2 aliphatic rings. The molecular weight excluding hydrogens is 371 g/mol. The van der Waals surface area contributed by atoms with Crippen LogP contribution < -0.4 is 9.62 Å². The SMILES string of the molecule is O=C(C1CCCO1)N1CCc2cc(NS(=O)(=O)c3ccc(F)cc3)ccc21. The van der Waals surface area contributed by atoms with Gasteiger partial charge in [-0.05, 0) is 67.3 Å². The van der Waals surface area contributed by atoms with Crippen molar-refractivity contribution in [2.45, 2.75) is 30.3 Å². The van der Waals surface area contributed by atoms with Gasteiger partial charge in [-0.1, -0.05) is 0 Å². The van der Waals surface area contributed by atoms with Crippen LogP contribution in [0.15, 0.2) is 47.4 Å². The second-order valence-electron chi connectivity index (χ2n) is 6.64. The predicted octanol–water partition coefficient (Wildman–Crippen LogP) is 2.69. The van der Waals surface area contributed by atoms with E-state index < -0.39 is 15.8 Å². The number of rotatable bonds is 4. The lowest BCUT2D eigenvalue weighted by molar-refractivity contribution is -0.127. The van der Waals surface area contributed by atoms with Crippen LogP contribution in [0.3, 0.4) is 0 Å². The van der Waals surface area contributed by atoms with E-state index in [2.05, 4.69) is 4.72 Å². The van der Waals surface area contributed by atoms with Gasteiger partial charge in [-0.25, -0.2) is 12.8 Å². The Morgan fingerprint density at radius 2 is 1.96 bits per heavy atom. The van der Waals surface area contributed by atoms with Gasteiger partial charge in [0.2, 0.25) is 0 Å². The van der Waals surface area contributed by atoms with Crippen LogP contribution in [0.4, 0.5) is 15.8 Å². The van der Waals surface area contributed by atoms with Crippen molar-refractivity contribution in [3.05, 3.63) is 53.8 Å². The third-order valence-electron chi connectivity index (χ3n) is 4.82. The van der Waals surface area contributed by atoms with Crippen LogP contribution >= 0.6 is 0 Å². The highest BCUT2D eigenvalue weighted by Gasteiger charge is 2.32. The minimum absolute atomic E-state index is 0.0143. The Morgan fingerprint density at radius 1 is 1.19 bits per heavy atom. The molecule has 0 spiro atoms. The Bertz CT molecular complexity index is 970. The molecule has 2 aliphatic heterocycles. The lowest BCUT2D eigenvalue weighted by Gasteiger charge is -2.21. The average Bonchev–Trinajstić information content (AvgIpc) is 3.31. The largest absolute Gasteiger partial charge is 0.368 e. The van der Waals surface area contributed by atoms with Crippen molar-refractivity contribution in [3.8, 4) is 0 Å². The summed E-state index contributed by atoms with van der Waals surface area (Å²) < 4.78 is 45.9. The van der Waals surface area contributed by atoms with Gasteiger partial charge in [0, 0.05) is 24.5 Å². The summed E-state index contributed by atoms with van der Waals surface area (Å²) in [6, 6.07) is 9.75. The van der Waals surface area contributed by atoms with Gasteiger partial charge >= 0.3 is 0 Å². The molecule has 0 aliphatic carbocycles. The second-order valence-corrected chi connectivity index (χ2v) is 8.33. The first kappa shape index (κ1) is 17.9. The van der Waals surface area contributed by atoms with Gasteiger partial charge in [-0.15, -0.1) is 0 Å². The number of halogens is 1. The number of anilines is 2. The molecule has 8 heteroatoms. The topological polar surface area (TPSA) is 75.7 Å². The number of carbonyl (C=O) groups is 1. The molecule has 4 rings (SSSR count). The summed E-state index contributed by atoms with van der Waals surface area (Å²) in [5, 5.41) is 0. The summed E-state index contributed by atoms with van der Waals surface area (Å²) >= 11 is 0. The Balaban J connectivity index is 1.53. The van der Waals surface area contributed by atoms with Gasteiger partial charge in [-0.3, -0.25) is 9.52 Å². The molecule has 2 aromatic rings. The number of nitrogens with zero attached hydrogens (tertiary/aromatic N) is 1. The molecule has 2 heterocycles. The maximum atomic E-state index is 13.0. The lowest BCUT2D eigenvalue weighted by atomic mass is 10.1.